The highest BCUT2D eigenvalue weighted by atomic mass is 16.3. The number of furan rings is 1. The summed E-state index contributed by atoms with van der Waals surface area (Å²) in [7, 11) is 0. The van der Waals surface area contributed by atoms with Crippen molar-refractivity contribution in [2.24, 2.45) is 9.98 Å². The van der Waals surface area contributed by atoms with Gasteiger partial charge in [-0.05, 0) is 40.1 Å². The molecule has 1 aliphatic heterocycles. The Hall–Kier alpha value is -7.24. The van der Waals surface area contributed by atoms with Crippen LogP contribution in [0.25, 0.3) is 71.3 Å². The van der Waals surface area contributed by atoms with Crippen LogP contribution in [0.3, 0.4) is 0 Å². The van der Waals surface area contributed by atoms with Crippen molar-refractivity contribution >= 4 is 66.2 Å². The van der Waals surface area contributed by atoms with E-state index in [1.807, 2.05) is 24.3 Å². The van der Waals surface area contributed by atoms with Gasteiger partial charge in [-0.3, -0.25) is 0 Å². The lowest BCUT2D eigenvalue weighted by Crippen LogP contribution is -2.34. The quantitative estimate of drug-likeness (QED) is 0.195. The van der Waals surface area contributed by atoms with E-state index in [-0.39, 0.29) is 0 Å². The topological polar surface area (TPSA) is 54.8 Å². The molecule has 5 nitrogen and oxygen atoms in total. The van der Waals surface area contributed by atoms with E-state index in [0.717, 1.165) is 72.3 Å². The van der Waals surface area contributed by atoms with Gasteiger partial charge >= 0.3 is 0 Å². The third-order valence-electron chi connectivity index (χ3n) is 10.7. The number of hydrogen-bond acceptors (Lipinski definition) is 4. The molecule has 0 saturated carbocycles. The molecule has 0 bridgehead atoms. The molecule has 1 atom stereocenters. The van der Waals surface area contributed by atoms with Gasteiger partial charge in [0.15, 0.2) is 17.6 Å². The summed E-state index contributed by atoms with van der Waals surface area (Å²) >= 11 is 0. The summed E-state index contributed by atoms with van der Waals surface area (Å²) in [5, 5.41) is 10.8. The maximum absolute atomic E-state index is 7.08. The van der Waals surface area contributed by atoms with Crippen molar-refractivity contribution in [2.75, 3.05) is 0 Å². The third-order valence-corrected chi connectivity index (χ3v) is 10.7. The molecule has 11 rings (SSSR count). The van der Waals surface area contributed by atoms with Crippen molar-refractivity contribution in [2.45, 2.75) is 6.17 Å². The van der Waals surface area contributed by atoms with E-state index < -0.39 is 6.17 Å². The SMILES string of the molecule is c1ccc(C2=NC(c3cccc4c3oc3c(-n5c6ccccc6c6c7ccccc7ccc65)cccc34)NC(c3ccccc3-c3ccccc3)=N2)cc1. The summed E-state index contributed by atoms with van der Waals surface area (Å²) < 4.78 is 9.44. The van der Waals surface area contributed by atoms with Crippen molar-refractivity contribution in [3.63, 3.8) is 0 Å². The predicted molar refractivity (Wildman–Crippen MR) is 223 cm³/mol. The molecule has 254 valence electrons. The summed E-state index contributed by atoms with van der Waals surface area (Å²) in [6, 6.07) is 63.7. The number of benzene rings is 8. The second-order valence-corrected chi connectivity index (χ2v) is 13.8. The summed E-state index contributed by atoms with van der Waals surface area (Å²) in [5.74, 6) is 1.43. The Bertz CT molecular complexity index is 3140. The van der Waals surface area contributed by atoms with Gasteiger partial charge < -0.3 is 14.3 Å². The summed E-state index contributed by atoms with van der Waals surface area (Å²) in [4.78, 5) is 10.4. The molecule has 10 aromatic rings. The van der Waals surface area contributed by atoms with Crippen molar-refractivity contribution in [3.8, 4) is 16.8 Å². The molecule has 0 spiro atoms. The van der Waals surface area contributed by atoms with E-state index in [0.29, 0.717) is 5.84 Å². The Labute approximate surface area is 311 Å². The lowest BCUT2D eigenvalue weighted by atomic mass is 9.98. The largest absolute Gasteiger partial charge is 0.453 e. The highest BCUT2D eigenvalue weighted by Crippen LogP contribution is 2.42. The normalized spacial score (nSPS) is 14.5. The average molecular weight is 693 g/mol. The van der Waals surface area contributed by atoms with Crippen molar-refractivity contribution in [1.82, 2.24) is 9.88 Å². The van der Waals surface area contributed by atoms with E-state index in [2.05, 4.69) is 168 Å². The van der Waals surface area contributed by atoms with Crippen LogP contribution < -0.4 is 5.32 Å². The fraction of sp³-hybridized carbons (Fsp3) is 0.0204. The molecule has 1 aliphatic rings. The Balaban J connectivity index is 1.11. The average Bonchev–Trinajstić information content (AvgIpc) is 3.81. The molecule has 2 aromatic heterocycles. The second kappa shape index (κ2) is 12.2. The first-order valence-electron chi connectivity index (χ1n) is 18.3. The van der Waals surface area contributed by atoms with Crippen molar-refractivity contribution < 1.29 is 4.42 Å². The van der Waals surface area contributed by atoms with Gasteiger partial charge in [-0.2, -0.15) is 0 Å². The standard InChI is InChI=1S/C49H32N4O/c1-3-15-31(16-4-1)34-20-9-10-22-38(34)48-50-47(33-18-5-2-6-19-33)51-49(52-48)40-26-13-24-36-37-25-14-28-43(46(37)54-45(36)40)53-41-27-12-11-23-39(41)44-35-21-8-7-17-32(35)29-30-42(44)53/h1-30,49H,(H,50,51,52). The molecule has 0 fully saturated rings. The number of rotatable bonds is 5. The van der Waals surface area contributed by atoms with Crippen LogP contribution in [0.4, 0.5) is 0 Å². The number of fused-ring (bicyclic) bond motifs is 8. The van der Waals surface area contributed by atoms with Crippen LogP contribution in [0.5, 0.6) is 0 Å². The predicted octanol–water partition coefficient (Wildman–Crippen LogP) is 12.0. The minimum absolute atomic E-state index is 0.455. The lowest BCUT2D eigenvalue weighted by molar-refractivity contribution is 0.627. The first kappa shape index (κ1) is 30.4. The molecular formula is C49H32N4O. The maximum atomic E-state index is 7.08. The van der Waals surface area contributed by atoms with E-state index in [9.17, 15) is 0 Å². The Kier molecular flexibility index (Phi) is 6.85. The Morgan fingerprint density at radius 1 is 0.481 bits per heavy atom. The highest BCUT2D eigenvalue weighted by molar-refractivity contribution is 6.22. The minimum Gasteiger partial charge on any atom is -0.453 e. The van der Waals surface area contributed by atoms with Crippen LogP contribution in [0.15, 0.2) is 196 Å². The summed E-state index contributed by atoms with van der Waals surface area (Å²) in [6.45, 7) is 0. The fourth-order valence-electron chi connectivity index (χ4n) is 8.24. The van der Waals surface area contributed by atoms with Crippen molar-refractivity contribution in [3.05, 3.63) is 199 Å². The van der Waals surface area contributed by atoms with E-state index >= 15 is 0 Å². The third kappa shape index (κ3) is 4.72. The Morgan fingerprint density at radius 2 is 1.13 bits per heavy atom. The van der Waals surface area contributed by atoms with Gasteiger partial charge in [-0.1, -0.05) is 164 Å². The number of amidine groups is 2. The molecule has 1 unspecified atom stereocenters. The van der Waals surface area contributed by atoms with Gasteiger partial charge in [-0.25, -0.2) is 9.98 Å². The van der Waals surface area contributed by atoms with Crippen molar-refractivity contribution in [1.29, 1.82) is 0 Å². The van der Waals surface area contributed by atoms with Gasteiger partial charge in [0.05, 0.1) is 16.7 Å². The van der Waals surface area contributed by atoms with Crippen LogP contribution in [-0.2, 0) is 0 Å². The zero-order valence-electron chi connectivity index (χ0n) is 29.1. The zero-order valence-corrected chi connectivity index (χ0v) is 29.1. The van der Waals surface area contributed by atoms with E-state index in [4.69, 9.17) is 14.4 Å². The summed E-state index contributed by atoms with van der Waals surface area (Å²) in [5.41, 5.74) is 10.1. The van der Waals surface area contributed by atoms with Gasteiger partial charge in [-0.15, -0.1) is 0 Å². The number of para-hydroxylation sites is 3. The van der Waals surface area contributed by atoms with Gasteiger partial charge in [0.25, 0.3) is 0 Å². The Morgan fingerprint density at radius 3 is 1.96 bits per heavy atom. The number of hydrogen-bond donors (Lipinski definition) is 1. The monoisotopic (exact) mass is 692 g/mol. The van der Waals surface area contributed by atoms with Gasteiger partial charge in [0, 0.05) is 38.2 Å². The molecule has 0 radical (unpaired) electrons. The first-order chi connectivity index (χ1) is 26.8. The molecule has 54 heavy (non-hydrogen) atoms. The second-order valence-electron chi connectivity index (χ2n) is 13.8. The van der Waals surface area contributed by atoms with Gasteiger partial charge in [0.1, 0.15) is 11.4 Å². The molecule has 1 N–H and O–H groups in total. The maximum Gasteiger partial charge on any atom is 0.159 e. The highest BCUT2D eigenvalue weighted by Gasteiger charge is 2.27. The van der Waals surface area contributed by atoms with Crippen LogP contribution in [0, 0.1) is 0 Å². The molecule has 0 amide bonds. The van der Waals surface area contributed by atoms with Crippen LogP contribution in [0.1, 0.15) is 22.9 Å². The number of nitrogens with zero attached hydrogens (tertiary/aromatic N) is 3. The minimum atomic E-state index is -0.455. The molecule has 8 aromatic carbocycles. The number of nitrogens with one attached hydrogen (secondary N) is 1. The van der Waals surface area contributed by atoms with Crippen LogP contribution in [-0.4, -0.2) is 16.2 Å². The molecule has 3 heterocycles. The van der Waals surface area contributed by atoms with E-state index in [1.54, 1.807) is 0 Å². The van der Waals surface area contributed by atoms with Crippen LogP contribution in [0.2, 0.25) is 0 Å². The lowest BCUT2D eigenvalue weighted by Gasteiger charge is -2.25. The smallest absolute Gasteiger partial charge is 0.159 e. The molecule has 0 saturated heterocycles. The van der Waals surface area contributed by atoms with Gasteiger partial charge in [0.2, 0.25) is 0 Å². The zero-order chi connectivity index (χ0) is 35.6. The molecular weight excluding hydrogens is 661 g/mol. The van der Waals surface area contributed by atoms with E-state index in [1.165, 1.54) is 21.5 Å². The fourth-order valence-corrected chi connectivity index (χ4v) is 8.24. The number of aromatic nitrogens is 1. The van der Waals surface area contributed by atoms with Crippen LogP contribution >= 0.6 is 0 Å². The number of aliphatic imine (C=N–C) groups is 2. The summed E-state index contributed by atoms with van der Waals surface area (Å²) in [6.07, 6.45) is -0.455. The first-order valence-corrected chi connectivity index (χ1v) is 18.3. The molecule has 5 heteroatoms. The molecule has 0 aliphatic carbocycles.